The van der Waals surface area contributed by atoms with E-state index in [1.54, 1.807) is 10.9 Å². The number of nitrogens with one attached hydrogen (secondary N) is 1. The molecule has 0 radical (unpaired) electrons. The van der Waals surface area contributed by atoms with Crippen LogP contribution in [0.25, 0.3) is 10.9 Å². The maximum absolute atomic E-state index is 12.6. The smallest absolute Gasteiger partial charge is 0.271 e. The van der Waals surface area contributed by atoms with E-state index in [2.05, 4.69) is 58.3 Å². The number of amides is 1. The SMILES string of the molecule is Cc1nn(C)cc1/C=N/NC(=O)c1ccc2c(c1)c(C)c(C)n2Cc1ccccc1. The number of aromatic nitrogens is 3. The molecule has 30 heavy (non-hydrogen) atoms. The topological polar surface area (TPSA) is 64.2 Å². The van der Waals surface area contributed by atoms with E-state index in [0.29, 0.717) is 5.56 Å². The Hall–Kier alpha value is -3.67. The van der Waals surface area contributed by atoms with Gasteiger partial charge < -0.3 is 4.57 Å². The average molecular weight is 399 g/mol. The number of aryl methyl sites for hydroxylation is 3. The van der Waals surface area contributed by atoms with Crippen LogP contribution in [-0.4, -0.2) is 26.5 Å². The van der Waals surface area contributed by atoms with Gasteiger partial charge in [-0.25, -0.2) is 5.43 Å². The molecule has 2 aromatic heterocycles. The lowest BCUT2D eigenvalue weighted by atomic mass is 10.1. The lowest BCUT2D eigenvalue weighted by molar-refractivity contribution is 0.0955. The van der Waals surface area contributed by atoms with Crippen LogP contribution in [0, 0.1) is 20.8 Å². The first-order valence-corrected chi connectivity index (χ1v) is 9.91. The Balaban J connectivity index is 1.58. The molecule has 152 valence electrons. The van der Waals surface area contributed by atoms with E-state index in [1.165, 1.54) is 16.8 Å². The summed E-state index contributed by atoms with van der Waals surface area (Å²) in [6, 6.07) is 16.2. The van der Waals surface area contributed by atoms with Crippen LogP contribution in [-0.2, 0) is 13.6 Å². The second kappa shape index (κ2) is 7.99. The maximum atomic E-state index is 12.6. The summed E-state index contributed by atoms with van der Waals surface area (Å²) in [6.45, 7) is 6.93. The van der Waals surface area contributed by atoms with Gasteiger partial charge in [-0.3, -0.25) is 9.48 Å². The van der Waals surface area contributed by atoms with Crippen LogP contribution in [0.15, 0.2) is 59.8 Å². The summed E-state index contributed by atoms with van der Waals surface area (Å²) in [5.74, 6) is -0.234. The molecule has 0 bridgehead atoms. The minimum atomic E-state index is -0.234. The number of rotatable bonds is 5. The van der Waals surface area contributed by atoms with E-state index in [4.69, 9.17) is 0 Å². The molecule has 6 heteroatoms. The predicted octanol–water partition coefficient (Wildman–Crippen LogP) is 4.11. The molecule has 0 spiro atoms. The van der Waals surface area contributed by atoms with Crippen LogP contribution in [0.4, 0.5) is 0 Å². The van der Waals surface area contributed by atoms with Crippen LogP contribution in [0.5, 0.6) is 0 Å². The maximum Gasteiger partial charge on any atom is 0.271 e. The Kier molecular flexibility index (Phi) is 5.23. The summed E-state index contributed by atoms with van der Waals surface area (Å²) in [4.78, 5) is 12.6. The molecular weight excluding hydrogens is 374 g/mol. The van der Waals surface area contributed by atoms with Gasteiger partial charge in [0, 0.05) is 47.5 Å². The number of hydrogen-bond acceptors (Lipinski definition) is 3. The van der Waals surface area contributed by atoms with Crippen molar-refractivity contribution in [2.45, 2.75) is 27.3 Å². The number of hydrazone groups is 1. The third kappa shape index (κ3) is 3.76. The zero-order valence-corrected chi connectivity index (χ0v) is 17.7. The van der Waals surface area contributed by atoms with Crippen molar-refractivity contribution in [1.29, 1.82) is 0 Å². The Bertz CT molecular complexity index is 1250. The number of nitrogens with zero attached hydrogens (tertiary/aromatic N) is 4. The molecule has 2 aromatic carbocycles. The van der Waals surface area contributed by atoms with Crippen LogP contribution in [0.3, 0.4) is 0 Å². The molecule has 2 heterocycles. The number of carbonyl (C=O) groups is 1. The fourth-order valence-electron chi connectivity index (χ4n) is 3.73. The molecule has 0 aliphatic carbocycles. The van der Waals surface area contributed by atoms with Crippen molar-refractivity contribution in [3.8, 4) is 0 Å². The predicted molar refractivity (Wildman–Crippen MR) is 120 cm³/mol. The van der Waals surface area contributed by atoms with Crippen LogP contribution < -0.4 is 5.43 Å². The van der Waals surface area contributed by atoms with Gasteiger partial charge in [-0.05, 0) is 50.1 Å². The highest BCUT2D eigenvalue weighted by Gasteiger charge is 2.14. The lowest BCUT2D eigenvalue weighted by Crippen LogP contribution is -2.17. The second-order valence-electron chi connectivity index (χ2n) is 7.56. The van der Waals surface area contributed by atoms with Crippen molar-refractivity contribution >= 4 is 23.0 Å². The quantitative estimate of drug-likeness (QED) is 0.405. The molecule has 0 fully saturated rings. The zero-order chi connectivity index (χ0) is 21.3. The zero-order valence-electron chi connectivity index (χ0n) is 17.7. The first kappa shape index (κ1) is 19.6. The molecule has 1 N–H and O–H groups in total. The van der Waals surface area contributed by atoms with Gasteiger partial charge in [-0.2, -0.15) is 10.2 Å². The Morgan fingerprint density at radius 2 is 1.90 bits per heavy atom. The highest BCUT2D eigenvalue weighted by Crippen LogP contribution is 2.27. The first-order valence-electron chi connectivity index (χ1n) is 9.91. The van der Waals surface area contributed by atoms with Crippen molar-refractivity contribution < 1.29 is 4.79 Å². The van der Waals surface area contributed by atoms with E-state index in [0.717, 1.165) is 28.7 Å². The van der Waals surface area contributed by atoms with Gasteiger partial charge in [0.05, 0.1) is 11.9 Å². The van der Waals surface area contributed by atoms with Crippen LogP contribution in [0.1, 0.15) is 38.4 Å². The molecule has 4 rings (SSSR count). The van der Waals surface area contributed by atoms with E-state index in [1.807, 2.05) is 44.4 Å². The first-order chi connectivity index (χ1) is 14.4. The van der Waals surface area contributed by atoms with Crippen molar-refractivity contribution in [3.05, 3.63) is 88.4 Å². The molecule has 0 unspecified atom stereocenters. The summed E-state index contributed by atoms with van der Waals surface area (Å²) in [6.07, 6.45) is 3.48. The Morgan fingerprint density at radius 3 is 2.60 bits per heavy atom. The van der Waals surface area contributed by atoms with Crippen molar-refractivity contribution in [2.75, 3.05) is 0 Å². The molecule has 0 saturated carbocycles. The summed E-state index contributed by atoms with van der Waals surface area (Å²) in [5, 5.41) is 9.44. The largest absolute Gasteiger partial charge is 0.340 e. The highest BCUT2D eigenvalue weighted by molar-refractivity contribution is 5.99. The fourth-order valence-corrected chi connectivity index (χ4v) is 3.73. The number of hydrogen-bond donors (Lipinski definition) is 1. The second-order valence-corrected chi connectivity index (χ2v) is 7.56. The Morgan fingerprint density at radius 1 is 1.13 bits per heavy atom. The summed E-state index contributed by atoms with van der Waals surface area (Å²) in [7, 11) is 1.85. The molecule has 0 aliphatic rings. The molecule has 0 atom stereocenters. The lowest BCUT2D eigenvalue weighted by Gasteiger charge is -2.09. The van der Waals surface area contributed by atoms with Crippen molar-refractivity contribution in [1.82, 2.24) is 19.8 Å². The van der Waals surface area contributed by atoms with Gasteiger partial charge in [-0.15, -0.1) is 0 Å². The van der Waals surface area contributed by atoms with Crippen molar-refractivity contribution in [3.63, 3.8) is 0 Å². The van der Waals surface area contributed by atoms with Gasteiger partial charge >= 0.3 is 0 Å². The molecule has 4 aromatic rings. The van der Waals surface area contributed by atoms with E-state index in [9.17, 15) is 4.79 Å². The van der Waals surface area contributed by atoms with Crippen LogP contribution >= 0.6 is 0 Å². The molecule has 6 nitrogen and oxygen atoms in total. The van der Waals surface area contributed by atoms with Crippen LogP contribution in [0.2, 0.25) is 0 Å². The summed E-state index contributed by atoms with van der Waals surface area (Å²) in [5.41, 5.74) is 9.70. The molecule has 1 amide bonds. The fraction of sp³-hybridized carbons (Fsp3) is 0.208. The van der Waals surface area contributed by atoms with Crippen molar-refractivity contribution in [2.24, 2.45) is 12.1 Å². The molecule has 0 saturated heterocycles. The van der Waals surface area contributed by atoms with Gasteiger partial charge in [0.1, 0.15) is 0 Å². The highest BCUT2D eigenvalue weighted by atomic mass is 16.2. The van der Waals surface area contributed by atoms with E-state index >= 15 is 0 Å². The number of fused-ring (bicyclic) bond motifs is 1. The average Bonchev–Trinajstić information content (AvgIpc) is 3.19. The minimum Gasteiger partial charge on any atom is -0.340 e. The summed E-state index contributed by atoms with van der Waals surface area (Å²) >= 11 is 0. The minimum absolute atomic E-state index is 0.234. The van der Waals surface area contributed by atoms with Gasteiger partial charge in [-0.1, -0.05) is 30.3 Å². The van der Waals surface area contributed by atoms with Gasteiger partial charge in [0.2, 0.25) is 0 Å². The molecular formula is C24H25N5O. The third-order valence-corrected chi connectivity index (χ3v) is 5.51. The number of carbonyl (C=O) groups excluding carboxylic acids is 1. The number of benzene rings is 2. The third-order valence-electron chi connectivity index (χ3n) is 5.51. The van der Waals surface area contributed by atoms with E-state index in [-0.39, 0.29) is 5.91 Å². The monoisotopic (exact) mass is 399 g/mol. The van der Waals surface area contributed by atoms with Gasteiger partial charge in [0.15, 0.2) is 0 Å². The van der Waals surface area contributed by atoms with E-state index < -0.39 is 0 Å². The molecule has 0 aliphatic heterocycles. The normalized spacial score (nSPS) is 11.5. The van der Waals surface area contributed by atoms with Gasteiger partial charge in [0.25, 0.3) is 5.91 Å². The Labute approximate surface area is 175 Å². The standard InChI is InChI=1S/C24H25N5O/c1-16-18(3)29(14-19-8-6-5-7-9-19)23-11-10-20(12-22(16)23)24(30)26-25-13-21-15-28(4)27-17(21)2/h5-13,15H,14H2,1-4H3,(H,26,30)/b25-13+. The summed E-state index contributed by atoms with van der Waals surface area (Å²) < 4.78 is 4.02.